The van der Waals surface area contributed by atoms with Crippen LogP contribution in [0.5, 0.6) is 0 Å². The van der Waals surface area contributed by atoms with Gasteiger partial charge in [-0.15, -0.1) is 0 Å². The molecule has 11 aromatic carbocycles. The normalized spacial score (nSPS) is 11.5. The second-order valence-electron chi connectivity index (χ2n) is 16.0. The summed E-state index contributed by atoms with van der Waals surface area (Å²) in [6, 6.07) is 85.4. The standard InChI is InChI=1S/C60H39NO/c1-3-15-43(16-4-1)58-53-22-10-9-20-50(53)51-37-32-47(39-55(51)59(58)44-17-5-2-6-18-44)42-30-35-49(36-31-42)61(56-24-13-23-54-52-21-11-12-25-57(52)62-60(54)56)48-33-28-41(29-34-48)46-27-26-40-14-7-8-19-45(40)38-46/h1-39H. The Morgan fingerprint density at radius 1 is 0.274 bits per heavy atom. The van der Waals surface area contributed by atoms with Crippen molar-refractivity contribution in [3.05, 3.63) is 237 Å². The summed E-state index contributed by atoms with van der Waals surface area (Å²) >= 11 is 0. The van der Waals surface area contributed by atoms with Gasteiger partial charge in [-0.1, -0.05) is 188 Å². The molecule has 0 amide bonds. The molecule has 0 saturated heterocycles. The van der Waals surface area contributed by atoms with Crippen LogP contribution < -0.4 is 4.90 Å². The van der Waals surface area contributed by atoms with Gasteiger partial charge in [0.05, 0.1) is 5.69 Å². The molecule has 0 aliphatic rings. The Kier molecular flexibility index (Phi) is 8.53. The lowest BCUT2D eigenvalue weighted by Gasteiger charge is -2.26. The number of nitrogens with zero attached hydrogens (tertiary/aromatic N) is 1. The molecule has 0 N–H and O–H groups in total. The predicted molar refractivity (Wildman–Crippen MR) is 263 cm³/mol. The van der Waals surface area contributed by atoms with Crippen molar-refractivity contribution < 1.29 is 4.42 Å². The molecule has 0 radical (unpaired) electrons. The molecule has 2 heteroatoms. The Hall–Kier alpha value is -8.20. The maximum atomic E-state index is 6.65. The number of hydrogen-bond acceptors (Lipinski definition) is 2. The average molecular weight is 790 g/mol. The molecule has 0 aliphatic carbocycles. The fourth-order valence-corrected chi connectivity index (χ4v) is 9.49. The minimum absolute atomic E-state index is 0.862. The third kappa shape index (κ3) is 6.04. The Morgan fingerprint density at radius 3 is 1.47 bits per heavy atom. The monoisotopic (exact) mass is 789 g/mol. The van der Waals surface area contributed by atoms with Crippen molar-refractivity contribution in [2.75, 3.05) is 4.90 Å². The summed E-state index contributed by atoms with van der Waals surface area (Å²) in [4.78, 5) is 2.32. The van der Waals surface area contributed by atoms with Gasteiger partial charge in [-0.25, -0.2) is 0 Å². The molecule has 2 nitrogen and oxygen atoms in total. The van der Waals surface area contributed by atoms with E-state index in [1.807, 2.05) is 6.07 Å². The van der Waals surface area contributed by atoms with E-state index >= 15 is 0 Å². The van der Waals surface area contributed by atoms with Crippen LogP contribution in [0, 0.1) is 0 Å². The lowest BCUT2D eigenvalue weighted by Crippen LogP contribution is -2.10. The highest BCUT2D eigenvalue weighted by Gasteiger charge is 2.21. The molecule has 1 aromatic heterocycles. The molecule has 290 valence electrons. The first kappa shape index (κ1) is 35.7. The first-order valence-electron chi connectivity index (χ1n) is 21.2. The summed E-state index contributed by atoms with van der Waals surface area (Å²) in [5, 5.41) is 9.68. The number of rotatable bonds is 7. The van der Waals surface area contributed by atoms with Gasteiger partial charge in [-0.3, -0.25) is 0 Å². The van der Waals surface area contributed by atoms with Gasteiger partial charge >= 0.3 is 0 Å². The van der Waals surface area contributed by atoms with Gasteiger partial charge < -0.3 is 9.32 Å². The summed E-state index contributed by atoms with van der Waals surface area (Å²) < 4.78 is 6.65. The minimum atomic E-state index is 0.862. The van der Waals surface area contributed by atoms with Gasteiger partial charge in [0.1, 0.15) is 5.58 Å². The summed E-state index contributed by atoms with van der Waals surface area (Å²) in [5.74, 6) is 0. The Labute approximate surface area is 360 Å². The highest BCUT2D eigenvalue weighted by Crippen LogP contribution is 2.47. The smallest absolute Gasteiger partial charge is 0.159 e. The number of anilines is 3. The summed E-state index contributed by atoms with van der Waals surface area (Å²) in [7, 11) is 0. The van der Waals surface area contributed by atoms with E-state index < -0.39 is 0 Å². The fraction of sp³-hybridized carbons (Fsp3) is 0. The molecule has 62 heavy (non-hydrogen) atoms. The molecule has 1 heterocycles. The number of para-hydroxylation sites is 2. The van der Waals surface area contributed by atoms with E-state index in [-0.39, 0.29) is 0 Å². The first-order valence-corrected chi connectivity index (χ1v) is 21.2. The van der Waals surface area contributed by atoms with Crippen LogP contribution in [0.25, 0.3) is 98.8 Å². The quantitative estimate of drug-likeness (QED) is 0.150. The van der Waals surface area contributed by atoms with Crippen molar-refractivity contribution in [2.24, 2.45) is 0 Å². The molecule has 0 saturated carbocycles. The number of benzene rings is 11. The molecule has 0 bridgehead atoms. The second kappa shape index (κ2) is 14.8. The van der Waals surface area contributed by atoms with Gasteiger partial charge in [-0.2, -0.15) is 0 Å². The van der Waals surface area contributed by atoms with E-state index in [4.69, 9.17) is 4.42 Å². The van der Waals surface area contributed by atoms with Crippen molar-refractivity contribution in [1.29, 1.82) is 0 Å². The van der Waals surface area contributed by atoms with Gasteiger partial charge in [0.25, 0.3) is 0 Å². The van der Waals surface area contributed by atoms with Gasteiger partial charge in [-0.05, 0) is 125 Å². The highest BCUT2D eigenvalue weighted by atomic mass is 16.3. The van der Waals surface area contributed by atoms with Gasteiger partial charge in [0.2, 0.25) is 0 Å². The zero-order valence-corrected chi connectivity index (χ0v) is 33.9. The molecule has 0 spiro atoms. The van der Waals surface area contributed by atoms with Crippen molar-refractivity contribution in [3.8, 4) is 44.5 Å². The largest absolute Gasteiger partial charge is 0.454 e. The third-order valence-electron chi connectivity index (χ3n) is 12.4. The van der Waals surface area contributed by atoms with Crippen LogP contribution >= 0.6 is 0 Å². The third-order valence-corrected chi connectivity index (χ3v) is 12.4. The second-order valence-corrected chi connectivity index (χ2v) is 16.0. The van der Waals surface area contributed by atoms with E-state index in [0.29, 0.717) is 0 Å². The maximum Gasteiger partial charge on any atom is 0.159 e. The van der Waals surface area contributed by atoms with Crippen LogP contribution in [0.3, 0.4) is 0 Å². The molecular weight excluding hydrogens is 751 g/mol. The molecule has 0 aliphatic heterocycles. The topological polar surface area (TPSA) is 16.4 Å². The molecule has 12 rings (SSSR count). The number of furan rings is 1. The molecule has 0 unspecified atom stereocenters. The van der Waals surface area contributed by atoms with Gasteiger partial charge in [0.15, 0.2) is 5.58 Å². The van der Waals surface area contributed by atoms with E-state index in [1.165, 1.54) is 71.3 Å². The van der Waals surface area contributed by atoms with Gasteiger partial charge in [0, 0.05) is 22.1 Å². The SMILES string of the molecule is c1ccc(-c2c(-c3ccccc3)c3cc(-c4ccc(N(c5ccc(-c6ccc7ccccc7c6)cc5)c5cccc6c5oc5ccccc56)cc4)ccc3c3ccccc23)cc1. The maximum absolute atomic E-state index is 6.65. The minimum Gasteiger partial charge on any atom is -0.454 e. The van der Waals surface area contributed by atoms with E-state index in [1.54, 1.807) is 0 Å². The summed E-state index contributed by atoms with van der Waals surface area (Å²) in [6.07, 6.45) is 0. The van der Waals surface area contributed by atoms with Crippen LogP contribution in [-0.4, -0.2) is 0 Å². The number of fused-ring (bicyclic) bond motifs is 7. The highest BCUT2D eigenvalue weighted by molar-refractivity contribution is 6.22. The van der Waals surface area contributed by atoms with Crippen molar-refractivity contribution in [2.45, 2.75) is 0 Å². The molecule has 0 atom stereocenters. The summed E-state index contributed by atoms with van der Waals surface area (Å²) in [5.41, 5.74) is 14.4. The van der Waals surface area contributed by atoms with Crippen molar-refractivity contribution in [1.82, 2.24) is 0 Å². The van der Waals surface area contributed by atoms with E-state index in [9.17, 15) is 0 Å². The number of hydrogen-bond donors (Lipinski definition) is 0. The van der Waals surface area contributed by atoms with Crippen LogP contribution in [0.4, 0.5) is 17.1 Å². The predicted octanol–water partition coefficient (Wildman–Crippen LogP) is 17.2. The van der Waals surface area contributed by atoms with Crippen LogP contribution in [0.2, 0.25) is 0 Å². The molecule has 12 aromatic rings. The van der Waals surface area contributed by atoms with Crippen molar-refractivity contribution in [3.63, 3.8) is 0 Å². The van der Waals surface area contributed by atoms with Crippen molar-refractivity contribution >= 4 is 71.3 Å². The Balaban J connectivity index is 1.00. The molecular formula is C60H39NO. The lowest BCUT2D eigenvalue weighted by atomic mass is 9.84. The Morgan fingerprint density at radius 2 is 0.774 bits per heavy atom. The Bertz CT molecular complexity index is 3610. The zero-order chi connectivity index (χ0) is 41.0. The fourth-order valence-electron chi connectivity index (χ4n) is 9.49. The van der Waals surface area contributed by atoms with Crippen LogP contribution in [-0.2, 0) is 0 Å². The lowest BCUT2D eigenvalue weighted by molar-refractivity contribution is 0.669. The van der Waals surface area contributed by atoms with Crippen LogP contribution in [0.15, 0.2) is 241 Å². The van der Waals surface area contributed by atoms with Crippen LogP contribution in [0.1, 0.15) is 0 Å². The molecule has 0 fully saturated rings. The summed E-state index contributed by atoms with van der Waals surface area (Å²) in [6.45, 7) is 0. The van der Waals surface area contributed by atoms with E-state index in [0.717, 1.165) is 44.6 Å². The van der Waals surface area contributed by atoms with E-state index in [2.05, 4.69) is 235 Å². The zero-order valence-electron chi connectivity index (χ0n) is 33.9. The average Bonchev–Trinajstić information content (AvgIpc) is 3.74. The first-order chi connectivity index (χ1) is 30.7.